The van der Waals surface area contributed by atoms with Gasteiger partial charge < -0.3 is 10.6 Å². The minimum absolute atomic E-state index is 0.812. The second kappa shape index (κ2) is 6.89. The topological polar surface area (TPSA) is 49.8 Å². The zero-order chi connectivity index (χ0) is 15.4. The zero-order valence-corrected chi connectivity index (χ0v) is 14.5. The number of nitrogens with zero attached hydrogens (tertiary/aromatic N) is 2. The standard InChI is InChI=1S/C16H21BrN4/c1-5-14-20-15(18-6-2)11(4)16(21-14)19-12-7-8-13(17)10(3)9-12/h7-9H,5-6H2,1-4H3,(H2,18,19,20,21). The first kappa shape index (κ1) is 15.8. The number of hydrogen-bond donors (Lipinski definition) is 2. The molecule has 0 aliphatic heterocycles. The van der Waals surface area contributed by atoms with Crippen LogP contribution in [0.3, 0.4) is 0 Å². The second-order valence-electron chi connectivity index (χ2n) is 4.93. The number of benzene rings is 1. The first-order valence-electron chi connectivity index (χ1n) is 7.19. The van der Waals surface area contributed by atoms with Gasteiger partial charge in [0.05, 0.1) is 0 Å². The number of anilines is 3. The van der Waals surface area contributed by atoms with E-state index in [1.165, 1.54) is 5.56 Å². The average molecular weight is 349 g/mol. The lowest BCUT2D eigenvalue weighted by Gasteiger charge is -2.14. The van der Waals surface area contributed by atoms with Crippen LogP contribution in [0.5, 0.6) is 0 Å². The third-order valence-electron chi connectivity index (χ3n) is 3.27. The molecule has 21 heavy (non-hydrogen) atoms. The minimum atomic E-state index is 0.812. The van der Waals surface area contributed by atoms with Gasteiger partial charge in [0.25, 0.3) is 0 Å². The number of halogens is 1. The van der Waals surface area contributed by atoms with E-state index in [0.717, 1.165) is 46.1 Å². The fraction of sp³-hybridized carbons (Fsp3) is 0.375. The second-order valence-corrected chi connectivity index (χ2v) is 5.79. The molecular formula is C16H21BrN4. The summed E-state index contributed by atoms with van der Waals surface area (Å²) in [6.45, 7) is 9.08. The van der Waals surface area contributed by atoms with Crippen molar-refractivity contribution in [2.75, 3.05) is 17.2 Å². The van der Waals surface area contributed by atoms with Gasteiger partial charge in [-0.05, 0) is 44.5 Å². The fourth-order valence-corrected chi connectivity index (χ4v) is 2.29. The van der Waals surface area contributed by atoms with Crippen molar-refractivity contribution in [3.8, 4) is 0 Å². The maximum absolute atomic E-state index is 4.61. The number of rotatable bonds is 5. The Hall–Kier alpha value is -1.62. The van der Waals surface area contributed by atoms with E-state index in [1.54, 1.807) is 0 Å². The highest BCUT2D eigenvalue weighted by Crippen LogP contribution is 2.26. The molecule has 0 saturated carbocycles. The molecule has 0 saturated heterocycles. The summed E-state index contributed by atoms with van der Waals surface area (Å²) in [5.41, 5.74) is 3.26. The van der Waals surface area contributed by atoms with Crippen LogP contribution in [0.25, 0.3) is 0 Å². The molecule has 5 heteroatoms. The van der Waals surface area contributed by atoms with Crippen molar-refractivity contribution in [1.82, 2.24) is 9.97 Å². The molecule has 0 fully saturated rings. The van der Waals surface area contributed by atoms with Gasteiger partial charge in [-0.25, -0.2) is 9.97 Å². The summed E-state index contributed by atoms with van der Waals surface area (Å²) in [6.07, 6.45) is 0.812. The van der Waals surface area contributed by atoms with Gasteiger partial charge in [0, 0.05) is 28.7 Å². The summed E-state index contributed by atoms with van der Waals surface area (Å²) in [4.78, 5) is 9.15. The third-order valence-corrected chi connectivity index (χ3v) is 4.16. The highest BCUT2D eigenvalue weighted by atomic mass is 79.9. The van der Waals surface area contributed by atoms with Crippen LogP contribution in [0, 0.1) is 13.8 Å². The van der Waals surface area contributed by atoms with E-state index < -0.39 is 0 Å². The van der Waals surface area contributed by atoms with Gasteiger partial charge >= 0.3 is 0 Å². The van der Waals surface area contributed by atoms with Crippen molar-refractivity contribution in [3.05, 3.63) is 39.6 Å². The Labute approximate surface area is 134 Å². The monoisotopic (exact) mass is 348 g/mol. The molecular weight excluding hydrogens is 328 g/mol. The molecule has 0 aliphatic rings. The SMILES string of the molecule is CCNc1nc(CC)nc(Nc2ccc(Br)c(C)c2)c1C. The largest absolute Gasteiger partial charge is 0.370 e. The summed E-state index contributed by atoms with van der Waals surface area (Å²) in [5, 5.41) is 6.70. The van der Waals surface area contributed by atoms with Crippen molar-refractivity contribution in [1.29, 1.82) is 0 Å². The van der Waals surface area contributed by atoms with E-state index >= 15 is 0 Å². The Morgan fingerprint density at radius 2 is 1.81 bits per heavy atom. The van der Waals surface area contributed by atoms with Gasteiger partial charge in [0.2, 0.25) is 0 Å². The normalized spacial score (nSPS) is 10.5. The molecule has 2 rings (SSSR count). The zero-order valence-electron chi connectivity index (χ0n) is 12.9. The number of nitrogens with one attached hydrogen (secondary N) is 2. The molecule has 1 heterocycles. The van der Waals surface area contributed by atoms with Crippen LogP contribution in [0.15, 0.2) is 22.7 Å². The van der Waals surface area contributed by atoms with E-state index in [0.29, 0.717) is 0 Å². The molecule has 0 bridgehead atoms. The van der Waals surface area contributed by atoms with E-state index in [2.05, 4.69) is 63.4 Å². The van der Waals surface area contributed by atoms with Crippen LogP contribution in [0.1, 0.15) is 30.8 Å². The lowest BCUT2D eigenvalue weighted by Crippen LogP contribution is -2.09. The Kier molecular flexibility index (Phi) is 5.17. The van der Waals surface area contributed by atoms with E-state index in [9.17, 15) is 0 Å². The van der Waals surface area contributed by atoms with Crippen LogP contribution < -0.4 is 10.6 Å². The highest BCUT2D eigenvalue weighted by molar-refractivity contribution is 9.10. The Bertz CT molecular complexity index is 640. The Balaban J connectivity index is 2.37. The van der Waals surface area contributed by atoms with Crippen LogP contribution in [0.4, 0.5) is 17.3 Å². The molecule has 0 radical (unpaired) electrons. The molecule has 1 aromatic carbocycles. The molecule has 2 N–H and O–H groups in total. The minimum Gasteiger partial charge on any atom is -0.370 e. The summed E-state index contributed by atoms with van der Waals surface area (Å²) < 4.78 is 1.11. The summed E-state index contributed by atoms with van der Waals surface area (Å²) >= 11 is 3.52. The summed E-state index contributed by atoms with van der Waals surface area (Å²) in [6, 6.07) is 6.18. The van der Waals surface area contributed by atoms with Crippen LogP contribution in [0.2, 0.25) is 0 Å². The van der Waals surface area contributed by atoms with Crippen LogP contribution >= 0.6 is 15.9 Å². The van der Waals surface area contributed by atoms with Crippen molar-refractivity contribution in [3.63, 3.8) is 0 Å². The average Bonchev–Trinajstić information content (AvgIpc) is 2.47. The molecule has 2 aromatic rings. The van der Waals surface area contributed by atoms with Crippen molar-refractivity contribution in [2.45, 2.75) is 34.1 Å². The third kappa shape index (κ3) is 3.73. The lowest BCUT2D eigenvalue weighted by atomic mass is 10.2. The highest BCUT2D eigenvalue weighted by Gasteiger charge is 2.10. The van der Waals surface area contributed by atoms with E-state index in [1.807, 2.05) is 19.1 Å². The predicted octanol–water partition coefficient (Wildman–Crippen LogP) is 4.59. The predicted molar refractivity (Wildman–Crippen MR) is 92.5 cm³/mol. The fourth-order valence-electron chi connectivity index (χ4n) is 2.04. The molecule has 112 valence electrons. The number of hydrogen-bond acceptors (Lipinski definition) is 4. The van der Waals surface area contributed by atoms with Gasteiger partial charge in [-0.15, -0.1) is 0 Å². The molecule has 0 atom stereocenters. The smallest absolute Gasteiger partial charge is 0.139 e. The molecule has 1 aromatic heterocycles. The van der Waals surface area contributed by atoms with Gasteiger partial charge in [0.1, 0.15) is 17.5 Å². The maximum Gasteiger partial charge on any atom is 0.139 e. The van der Waals surface area contributed by atoms with Crippen molar-refractivity contribution < 1.29 is 0 Å². The van der Waals surface area contributed by atoms with Crippen LogP contribution in [-0.2, 0) is 6.42 Å². The number of aromatic nitrogens is 2. The lowest BCUT2D eigenvalue weighted by molar-refractivity contribution is 0.930. The maximum atomic E-state index is 4.61. The van der Waals surface area contributed by atoms with Gasteiger partial charge in [-0.1, -0.05) is 22.9 Å². The number of aryl methyl sites for hydroxylation is 2. The van der Waals surface area contributed by atoms with Gasteiger partial charge in [0.15, 0.2) is 0 Å². The van der Waals surface area contributed by atoms with E-state index in [-0.39, 0.29) is 0 Å². The Morgan fingerprint density at radius 3 is 2.43 bits per heavy atom. The van der Waals surface area contributed by atoms with E-state index in [4.69, 9.17) is 0 Å². The van der Waals surface area contributed by atoms with Crippen LogP contribution in [-0.4, -0.2) is 16.5 Å². The Morgan fingerprint density at radius 1 is 1.10 bits per heavy atom. The van der Waals surface area contributed by atoms with Gasteiger partial charge in [-0.2, -0.15) is 0 Å². The van der Waals surface area contributed by atoms with Crippen molar-refractivity contribution >= 4 is 33.3 Å². The quantitative estimate of drug-likeness (QED) is 0.829. The summed E-state index contributed by atoms with van der Waals surface area (Å²) in [5.74, 6) is 2.60. The summed E-state index contributed by atoms with van der Waals surface area (Å²) in [7, 11) is 0. The van der Waals surface area contributed by atoms with Crippen molar-refractivity contribution in [2.24, 2.45) is 0 Å². The van der Waals surface area contributed by atoms with Gasteiger partial charge in [-0.3, -0.25) is 0 Å². The first-order valence-corrected chi connectivity index (χ1v) is 7.99. The molecule has 0 aliphatic carbocycles. The molecule has 4 nitrogen and oxygen atoms in total. The first-order chi connectivity index (χ1) is 10.0. The molecule has 0 amide bonds. The molecule has 0 spiro atoms. The molecule has 0 unspecified atom stereocenters.